The van der Waals surface area contributed by atoms with Crippen LogP contribution in [0.3, 0.4) is 0 Å². The first kappa shape index (κ1) is 35.5. The van der Waals surface area contributed by atoms with E-state index in [2.05, 4.69) is 243 Å². The van der Waals surface area contributed by atoms with Gasteiger partial charge in [-0.15, -0.1) is 0 Å². The first-order valence-corrected chi connectivity index (χ1v) is 21.4. The minimum Gasteiger partial charge on any atom is -0.310 e. The van der Waals surface area contributed by atoms with Gasteiger partial charge in [0, 0.05) is 22.5 Å². The van der Waals surface area contributed by atoms with Gasteiger partial charge in [-0.25, -0.2) is 0 Å². The third-order valence-corrected chi connectivity index (χ3v) is 13.7. The van der Waals surface area contributed by atoms with Crippen molar-refractivity contribution in [3.8, 4) is 33.4 Å². The highest BCUT2D eigenvalue weighted by molar-refractivity contribution is 6.10. The van der Waals surface area contributed by atoms with Crippen LogP contribution in [0.2, 0.25) is 0 Å². The molecule has 0 saturated heterocycles. The Morgan fingerprint density at radius 2 is 0.787 bits per heavy atom. The number of para-hydroxylation sites is 1. The molecule has 61 heavy (non-hydrogen) atoms. The van der Waals surface area contributed by atoms with E-state index in [1.807, 2.05) is 0 Å². The fourth-order valence-corrected chi connectivity index (χ4v) is 11.0. The zero-order valence-corrected chi connectivity index (χ0v) is 34.3. The van der Waals surface area contributed by atoms with Crippen LogP contribution in [0, 0.1) is 0 Å². The first-order valence-electron chi connectivity index (χ1n) is 21.4. The highest BCUT2D eigenvalue weighted by Gasteiger charge is 2.53. The Bertz CT molecular complexity index is 3270. The molecule has 0 radical (unpaired) electrons. The zero-order valence-electron chi connectivity index (χ0n) is 34.3. The van der Waals surface area contributed by atoms with Crippen molar-refractivity contribution >= 4 is 38.6 Å². The lowest BCUT2D eigenvalue weighted by Gasteiger charge is -2.46. The van der Waals surface area contributed by atoms with Gasteiger partial charge in [0.15, 0.2) is 0 Å². The molecule has 0 unspecified atom stereocenters. The summed E-state index contributed by atoms with van der Waals surface area (Å²) in [7, 11) is 0. The fourth-order valence-electron chi connectivity index (χ4n) is 11.0. The van der Waals surface area contributed by atoms with Crippen molar-refractivity contribution in [2.75, 3.05) is 4.90 Å². The predicted octanol–water partition coefficient (Wildman–Crippen LogP) is 15.8. The molecule has 0 bridgehead atoms. The minimum absolute atomic E-state index is 0.121. The number of anilines is 3. The lowest BCUT2D eigenvalue weighted by molar-refractivity contribution is 0.563. The minimum atomic E-state index is -0.410. The molecule has 10 aromatic rings. The summed E-state index contributed by atoms with van der Waals surface area (Å²) in [6.07, 6.45) is 0. The van der Waals surface area contributed by atoms with E-state index in [4.69, 9.17) is 0 Å². The van der Waals surface area contributed by atoms with Gasteiger partial charge in [0.25, 0.3) is 0 Å². The van der Waals surface area contributed by atoms with E-state index in [-0.39, 0.29) is 5.41 Å². The maximum absolute atomic E-state index is 2.41. The van der Waals surface area contributed by atoms with Gasteiger partial charge < -0.3 is 4.90 Å². The average Bonchev–Trinajstić information content (AvgIpc) is 3.63. The molecular formula is C60H43N. The summed E-state index contributed by atoms with van der Waals surface area (Å²) in [6.45, 7) is 4.78. The molecule has 10 aromatic carbocycles. The number of rotatable bonds is 5. The summed E-state index contributed by atoms with van der Waals surface area (Å²) in [4.78, 5) is 2.35. The van der Waals surface area contributed by atoms with Crippen molar-refractivity contribution in [1.82, 2.24) is 0 Å². The highest BCUT2D eigenvalue weighted by Crippen LogP contribution is 2.63. The fraction of sp³-hybridized carbons (Fsp3) is 0.0667. The van der Waals surface area contributed by atoms with Crippen LogP contribution in [0.15, 0.2) is 224 Å². The van der Waals surface area contributed by atoms with Crippen molar-refractivity contribution in [2.45, 2.75) is 24.7 Å². The van der Waals surface area contributed by atoms with Gasteiger partial charge in [0.1, 0.15) is 0 Å². The van der Waals surface area contributed by atoms with Gasteiger partial charge in [-0.3, -0.25) is 0 Å². The Kier molecular flexibility index (Phi) is 7.86. The zero-order chi connectivity index (χ0) is 40.7. The number of benzene rings is 10. The van der Waals surface area contributed by atoms with E-state index >= 15 is 0 Å². The van der Waals surface area contributed by atoms with E-state index < -0.39 is 5.41 Å². The molecule has 0 heterocycles. The largest absolute Gasteiger partial charge is 0.310 e. The quantitative estimate of drug-likeness (QED) is 0.157. The van der Waals surface area contributed by atoms with Crippen molar-refractivity contribution in [2.24, 2.45) is 0 Å². The van der Waals surface area contributed by atoms with E-state index in [0.29, 0.717) is 0 Å². The van der Waals surface area contributed by atoms with Gasteiger partial charge in [0.2, 0.25) is 0 Å². The summed E-state index contributed by atoms with van der Waals surface area (Å²) >= 11 is 0. The highest BCUT2D eigenvalue weighted by atomic mass is 15.1. The molecule has 2 aliphatic carbocycles. The van der Waals surface area contributed by atoms with E-state index in [1.165, 1.54) is 88.3 Å². The van der Waals surface area contributed by atoms with Crippen molar-refractivity contribution in [3.63, 3.8) is 0 Å². The van der Waals surface area contributed by atoms with E-state index in [0.717, 1.165) is 17.1 Å². The van der Waals surface area contributed by atoms with Crippen LogP contribution in [0.25, 0.3) is 54.9 Å². The normalized spacial score (nSPS) is 14.0. The topological polar surface area (TPSA) is 3.24 Å². The molecule has 0 aliphatic heterocycles. The van der Waals surface area contributed by atoms with Crippen LogP contribution >= 0.6 is 0 Å². The van der Waals surface area contributed by atoms with Gasteiger partial charge in [-0.1, -0.05) is 196 Å². The summed E-state index contributed by atoms with van der Waals surface area (Å²) < 4.78 is 0. The van der Waals surface area contributed by atoms with Crippen LogP contribution in [0.4, 0.5) is 17.1 Å². The Balaban J connectivity index is 0.982. The molecule has 288 valence electrons. The Morgan fingerprint density at radius 3 is 1.48 bits per heavy atom. The predicted molar refractivity (Wildman–Crippen MR) is 256 cm³/mol. The molecule has 0 amide bonds. The smallest absolute Gasteiger partial charge is 0.0719 e. The van der Waals surface area contributed by atoms with Gasteiger partial charge in [0.05, 0.1) is 5.41 Å². The molecule has 0 aromatic heterocycles. The lowest BCUT2D eigenvalue weighted by atomic mass is 9.55. The Morgan fingerprint density at radius 1 is 0.311 bits per heavy atom. The molecule has 0 saturated carbocycles. The molecular weight excluding hydrogens is 735 g/mol. The van der Waals surface area contributed by atoms with E-state index in [9.17, 15) is 0 Å². The van der Waals surface area contributed by atoms with Gasteiger partial charge in [-0.05, 0) is 131 Å². The summed E-state index contributed by atoms with van der Waals surface area (Å²) in [6, 6.07) is 83.3. The molecule has 1 nitrogen and oxygen atoms in total. The monoisotopic (exact) mass is 777 g/mol. The van der Waals surface area contributed by atoms with Crippen LogP contribution < -0.4 is 4.90 Å². The summed E-state index contributed by atoms with van der Waals surface area (Å²) in [5.74, 6) is 0. The van der Waals surface area contributed by atoms with Gasteiger partial charge in [-0.2, -0.15) is 0 Å². The van der Waals surface area contributed by atoms with Crippen LogP contribution in [0.1, 0.15) is 47.2 Å². The molecule has 12 rings (SSSR count). The number of fused-ring (bicyclic) bond motifs is 12. The van der Waals surface area contributed by atoms with Gasteiger partial charge >= 0.3 is 0 Å². The molecule has 0 fully saturated rings. The van der Waals surface area contributed by atoms with Crippen LogP contribution in [-0.2, 0) is 10.8 Å². The summed E-state index contributed by atoms with van der Waals surface area (Å²) in [5.41, 5.74) is 18.8. The number of nitrogens with zero attached hydrogens (tertiary/aromatic N) is 1. The Hall–Kier alpha value is -7.48. The maximum atomic E-state index is 2.41. The van der Waals surface area contributed by atoms with E-state index in [1.54, 1.807) is 0 Å². The second-order valence-corrected chi connectivity index (χ2v) is 17.2. The summed E-state index contributed by atoms with van der Waals surface area (Å²) in [5, 5.41) is 4.96. The molecule has 0 atom stereocenters. The first-order chi connectivity index (χ1) is 30.0. The molecule has 1 spiro atoms. The van der Waals surface area contributed by atoms with Crippen molar-refractivity contribution in [3.05, 3.63) is 258 Å². The molecule has 1 heteroatoms. The number of hydrogen-bond donors (Lipinski definition) is 0. The second kappa shape index (κ2) is 13.5. The molecule has 0 N–H and O–H groups in total. The van der Waals surface area contributed by atoms with Crippen LogP contribution in [-0.4, -0.2) is 0 Å². The third-order valence-electron chi connectivity index (χ3n) is 13.7. The SMILES string of the molecule is CC1(C)c2ccccc2C2(c3ccccc3-c3c(-c4ccc5c(ccc6cc(N(c7ccccc7)c7ccc(-c8ccccc8)cc7)ccc65)c4)cccc32)c2ccccc21. The van der Waals surface area contributed by atoms with Crippen LogP contribution in [0.5, 0.6) is 0 Å². The second-order valence-electron chi connectivity index (χ2n) is 17.2. The maximum Gasteiger partial charge on any atom is 0.0719 e. The van der Waals surface area contributed by atoms with Crippen molar-refractivity contribution in [1.29, 1.82) is 0 Å². The Labute approximate surface area is 357 Å². The average molecular weight is 778 g/mol. The number of hydrogen-bond acceptors (Lipinski definition) is 1. The standard InChI is InChI=1S/C60H43N/c1-59(2)53-23-11-13-25-55(53)60(56-26-14-12-24-54(56)59)52-22-10-9-20-51(52)58-50(21-15-27-57(58)60)43-32-36-48-42(38-43)28-29-44-39-47(35-37-49(44)48)61(45-18-7-4-8-19-45)46-33-30-41(31-34-46)40-16-5-3-6-17-40/h3-39H,1-2H3. The van der Waals surface area contributed by atoms with Crippen molar-refractivity contribution < 1.29 is 0 Å². The third kappa shape index (κ3) is 5.20. The lowest BCUT2D eigenvalue weighted by Crippen LogP contribution is -2.40. The molecule has 2 aliphatic rings.